The highest BCUT2D eigenvalue weighted by atomic mass is 16.6. The van der Waals surface area contributed by atoms with Crippen LogP contribution in [0.5, 0.6) is 0 Å². The normalized spacial score (nSPS) is 40.1. The van der Waals surface area contributed by atoms with Gasteiger partial charge < -0.3 is 38.3 Å². The molecule has 2 saturated carbocycles. The first-order valence-electron chi connectivity index (χ1n) is 15.9. The van der Waals surface area contributed by atoms with Gasteiger partial charge >= 0.3 is 23.9 Å². The summed E-state index contributed by atoms with van der Waals surface area (Å²) in [5.74, 6) is -7.98. The van der Waals surface area contributed by atoms with Crippen LogP contribution in [0.25, 0.3) is 0 Å². The van der Waals surface area contributed by atoms with E-state index in [1.165, 1.54) is 19.5 Å². The smallest absolute Gasteiger partial charge is 0.335 e. The molecule has 0 radical (unpaired) electrons. The maximum Gasteiger partial charge on any atom is 0.335 e. The molecule has 1 aromatic heterocycles. The van der Waals surface area contributed by atoms with Gasteiger partial charge in [0, 0.05) is 36.5 Å². The van der Waals surface area contributed by atoms with Crippen molar-refractivity contribution in [3.05, 3.63) is 36.3 Å². The maximum absolute atomic E-state index is 14.2. The number of fused-ring (bicyclic) bond motifs is 2. The molecule has 2 aliphatic carbocycles. The minimum Gasteiger partial charge on any atom is -0.472 e. The molecule has 0 aromatic carbocycles. The Hall–Kier alpha value is -4.04. The van der Waals surface area contributed by atoms with E-state index in [2.05, 4.69) is 6.58 Å². The molecular formula is C34H42O14. The maximum atomic E-state index is 14.2. The van der Waals surface area contributed by atoms with Crippen LogP contribution in [-0.2, 0) is 52.5 Å². The largest absolute Gasteiger partial charge is 0.472 e. The Morgan fingerprint density at radius 2 is 1.77 bits per heavy atom. The summed E-state index contributed by atoms with van der Waals surface area (Å²) in [5, 5.41) is 23.6. The number of hydrogen-bond donors (Lipinski definition) is 2. The number of cyclic esters (lactones) is 1. The zero-order chi connectivity index (χ0) is 35.6. The van der Waals surface area contributed by atoms with Crippen molar-refractivity contribution in [1.29, 1.82) is 0 Å². The summed E-state index contributed by atoms with van der Waals surface area (Å²) >= 11 is 0. The van der Waals surface area contributed by atoms with Crippen molar-refractivity contribution in [3.8, 4) is 0 Å². The lowest BCUT2D eigenvalue weighted by atomic mass is 9.46. The van der Waals surface area contributed by atoms with Crippen molar-refractivity contribution in [1.82, 2.24) is 0 Å². The molecule has 11 unspecified atom stereocenters. The van der Waals surface area contributed by atoms with Gasteiger partial charge in [0.2, 0.25) is 0 Å². The quantitative estimate of drug-likeness (QED) is 0.175. The monoisotopic (exact) mass is 674 g/mol. The standard InChI is InChI=1S/C34H42O14/c1-16(2)27(40)30(41)47-29-28(45-15-35)26(17(3)34(42)22(37)10-20(33(29,34)7)19-8-9-43-13-19)32(6)21-11-24(38)44-14-31(21,5)48-25(39)12-23(32)46-18(4)36/h8-9,13,15-16,20-21,23,26-29,40,42H,3,10-12,14H2,1-2,4-7H3. The molecule has 2 N–H and O–H groups in total. The molecule has 14 heteroatoms. The van der Waals surface area contributed by atoms with Crippen LogP contribution in [0, 0.1) is 28.6 Å². The fourth-order valence-electron chi connectivity index (χ4n) is 8.93. The molecule has 2 saturated heterocycles. The number of hydrogen-bond acceptors (Lipinski definition) is 14. The summed E-state index contributed by atoms with van der Waals surface area (Å²) in [7, 11) is 0. The van der Waals surface area contributed by atoms with E-state index in [1.807, 2.05) is 0 Å². The van der Waals surface area contributed by atoms with Crippen LogP contribution >= 0.6 is 0 Å². The average molecular weight is 675 g/mol. The zero-order valence-electron chi connectivity index (χ0n) is 27.8. The first kappa shape index (κ1) is 35.3. The number of rotatable bonds is 8. The van der Waals surface area contributed by atoms with Gasteiger partial charge in [-0.25, -0.2) is 4.79 Å². The number of aliphatic hydroxyl groups excluding tert-OH is 1. The zero-order valence-corrected chi connectivity index (χ0v) is 27.8. The van der Waals surface area contributed by atoms with Crippen LogP contribution in [0.2, 0.25) is 0 Å². The van der Waals surface area contributed by atoms with Gasteiger partial charge in [0.05, 0.1) is 30.8 Å². The van der Waals surface area contributed by atoms with E-state index in [9.17, 15) is 39.0 Å². The predicted octanol–water partition coefficient (Wildman–Crippen LogP) is 1.94. The third-order valence-electron chi connectivity index (χ3n) is 11.4. The summed E-state index contributed by atoms with van der Waals surface area (Å²) in [4.78, 5) is 79.0. The molecule has 0 spiro atoms. The number of furan rings is 1. The fraction of sp³-hybridized carbons (Fsp3) is 0.647. The SMILES string of the molecule is C=C1C(C2(C)C(OC(C)=O)CC(=O)OC3(C)COC(=O)CC32)C(OC=O)C(OC(=O)C(O)C(C)C)C2(C)C(c3ccoc3)CC(=O)C12O. The van der Waals surface area contributed by atoms with E-state index in [1.54, 1.807) is 33.8 Å². The van der Waals surface area contributed by atoms with Gasteiger partial charge in [-0.3, -0.25) is 24.0 Å². The molecule has 48 heavy (non-hydrogen) atoms. The molecule has 11 atom stereocenters. The summed E-state index contributed by atoms with van der Waals surface area (Å²) in [5.41, 5.74) is -7.14. The van der Waals surface area contributed by atoms with Crippen LogP contribution in [0.1, 0.15) is 72.3 Å². The number of carbonyl (C=O) groups is 6. The summed E-state index contributed by atoms with van der Waals surface area (Å²) in [6, 6.07) is 1.59. The Balaban J connectivity index is 1.82. The summed E-state index contributed by atoms with van der Waals surface area (Å²) in [6.45, 7) is 12.9. The second-order valence-electron chi connectivity index (χ2n) is 14.3. The number of ether oxygens (including phenoxy) is 5. The van der Waals surface area contributed by atoms with Crippen LogP contribution in [-0.4, -0.2) is 88.6 Å². The molecule has 1 aromatic rings. The lowest BCUT2D eigenvalue weighted by Crippen LogP contribution is -2.72. The van der Waals surface area contributed by atoms with Gasteiger partial charge in [-0.15, -0.1) is 0 Å². The van der Waals surface area contributed by atoms with E-state index in [0.717, 1.165) is 6.92 Å². The van der Waals surface area contributed by atoms with E-state index in [-0.39, 0.29) is 31.5 Å². The molecular weight excluding hydrogens is 632 g/mol. The van der Waals surface area contributed by atoms with E-state index < -0.39 is 106 Å². The number of ketones is 1. The van der Waals surface area contributed by atoms with Gasteiger partial charge in [0.25, 0.3) is 6.47 Å². The highest BCUT2D eigenvalue weighted by molar-refractivity contribution is 5.96. The number of aliphatic hydroxyl groups is 2. The van der Waals surface area contributed by atoms with Gasteiger partial charge in [0.15, 0.2) is 17.5 Å². The van der Waals surface area contributed by atoms with E-state index in [0.29, 0.717) is 5.56 Å². The lowest BCUT2D eigenvalue weighted by Gasteiger charge is -2.61. The highest BCUT2D eigenvalue weighted by Gasteiger charge is 2.78. The van der Waals surface area contributed by atoms with Crippen molar-refractivity contribution < 1.29 is 67.1 Å². The molecule has 0 bridgehead atoms. The van der Waals surface area contributed by atoms with Gasteiger partial charge in [0.1, 0.15) is 30.5 Å². The second kappa shape index (κ2) is 12.1. The minimum atomic E-state index is -2.48. The second-order valence-corrected chi connectivity index (χ2v) is 14.3. The average Bonchev–Trinajstić information content (AvgIpc) is 3.59. The Morgan fingerprint density at radius 3 is 2.35 bits per heavy atom. The van der Waals surface area contributed by atoms with Crippen LogP contribution in [0.3, 0.4) is 0 Å². The molecule has 0 amide bonds. The van der Waals surface area contributed by atoms with E-state index in [4.69, 9.17) is 28.1 Å². The molecule has 2 aliphatic heterocycles. The molecule has 4 aliphatic rings. The van der Waals surface area contributed by atoms with Crippen LogP contribution < -0.4 is 0 Å². The number of Topliss-reactive ketones (excluding diaryl/α,β-unsaturated/α-hetero) is 1. The number of esters is 4. The Morgan fingerprint density at radius 1 is 1.08 bits per heavy atom. The fourth-order valence-corrected chi connectivity index (χ4v) is 8.93. The summed E-state index contributed by atoms with van der Waals surface area (Å²) < 4.78 is 34.1. The topological polar surface area (TPSA) is 202 Å². The van der Waals surface area contributed by atoms with Gasteiger partial charge in [-0.1, -0.05) is 34.3 Å². The van der Waals surface area contributed by atoms with Crippen LogP contribution in [0.4, 0.5) is 0 Å². The predicted molar refractivity (Wildman–Crippen MR) is 160 cm³/mol. The number of carbonyl (C=O) groups excluding carboxylic acids is 6. The van der Waals surface area contributed by atoms with E-state index >= 15 is 0 Å². The van der Waals surface area contributed by atoms with Gasteiger partial charge in [-0.05, 0) is 30.0 Å². The van der Waals surface area contributed by atoms with Crippen molar-refractivity contribution in [2.24, 2.45) is 28.6 Å². The molecule has 262 valence electrons. The third-order valence-corrected chi connectivity index (χ3v) is 11.4. The Kier molecular flexibility index (Phi) is 8.91. The third kappa shape index (κ3) is 5.06. The van der Waals surface area contributed by atoms with Crippen molar-refractivity contribution in [2.45, 2.75) is 102 Å². The molecule has 14 nitrogen and oxygen atoms in total. The van der Waals surface area contributed by atoms with Crippen molar-refractivity contribution in [2.75, 3.05) is 6.61 Å². The Labute approximate surface area is 277 Å². The van der Waals surface area contributed by atoms with Crippen molar-refractivity contribution >= 4 is 36.1 Å². The van der Waals surface area contributed by atoms with Crippen molar-refractivity contribution in [3.63, 3.8) is 0 Å². The minimum absolute atomic E-state index is 0.110. The molecule has 4 fully saturated rings. The first-order chi connectivity index (χ1) is 22.4. The highest BCUT2D eigenvalue weighted by Crippen LogP contribution is 2.68. The first-order valence-corrected chi connectivity index (χ1v) is 15.9. The summed E-state index contributed by atoms with van der Waals surface area (Å²) in [6.07, 6.45) is -4.64. The van der Waals surface area contributed by atoms with Gasteiger partial charge in [-0.2, -0.15) is 0 Å². The lowest BCUT2D eigenvalue weighted by molar-refractivity contribution is -0.242. The molecule has 3 heterocycles. The molecule has 5 rings (SSSR count). The van der Waals surface area contributed by atoms with Crippen LogP contribution in [0.15, 0.2) is 35.2 Å². The Bertz CT molecular complexity index is 1510.